The lowest BCUT2D eigenvalue weighted by molar-refractivity contribution is -0.152. The second-order valence-corrected chi connectivity index (χ2v) is 7.03. The molecule has 0 radical (unpaired) electrons. The van der Waals surface area contributed by atoms with Crippen LogP contribution in [0.3, 0.4) is 0 Å². The van der Waals surface area contributed by atoms with Gasteiger partial charge in [0, 0.05) is 18.2 Å². The Labute approximate surface area is 147 Å². The van der Waals surface area contributed by atoms with Crippen molar-refractivity contribution in [2.24, 2.45) is 0 Å². The molecule has 6 heteroatoms. The van der Waals surface area contributed by atoms with Gasteiger partial charge < -0.3 is 18.9 Å². The second kappa shape index (κ2) is 6.88. The minimum absolute atomic E-state index is 0.0330. The summed E-state index contributed by atoms with van der Waals surface area (Å²) >= 11 is 0. The van der Waals surface area contributed by atoms with Crippen LogP contribution in [0.1, 0.15) is 26.5 Å². The molecule has 1 aromatic heterocycles. The van der Waals surface area contributed by atoms with Gasteiger partial charge in [-0.05, 0) is 32.9 Å². The first-order chi connectivity index (χ1) is 11.9. The number of amides is 1. The van der Waals surface area contributed by atoms with Gasteiger partial charge in [0.1, 0.15) is 5.75 Å². The van der Waals surface area contributed by atoms with Crippen molar-refractivity contribution in [1.29, 1.82) is 0 Å². The first-order valence-corrected chi connectivity index (χ1v) is 8.41. The van der Waals surface area contributed by atoms with E-state index in [9.17, 15) is 4.79 Å². The summed E-state index contributed by atoms with van der Waals surface area (Å²) in [4.78, 5) is 14.6. The van der Waals surface area contributed by atoms with Gasteiger partial charge in [-0.2, -0.15) is 0 Å². The molecule has 1 aliphatic heterocycles. The summed E-state index contributed by atoms with van der Waals surface area (Å²) in [5, 5.41) is 4.06. The molecular weight excluding hydrogens is 320 g/mol. The van der Waals surface area contributed by atoms with Gasteiger partial charge in [0.25, 0.3) is 0 Å². The lowest BCUT2D eigenvalue weighted by Crippen LogP contribution is -2.58. The zero-order valence-electron chi connectivity index (χ0n) is 15.1. The molecule has 2 heterocycles. The predicted molar refractivity (Wildman–Crippen MR) is 93.4 cm³/mol. The van der Waals surface area contributed by atoms with Crippen LogP contribution in [0.2, 0.25) is 0 Å². The quantitative estimate of drug-likeness (QED) is 0.853. The highest BCUT2D eigenvalue weighted by Gasteiger charge is 2.36. The molecule has 1 unspecified atom stereocenters. The number of morpholine rings is 1. The molecule has 1 saturated heterocycles. The Morgan fingerprint density at radius 2 is 2.20 bits per heavy atom. The minimum Gasteiger partial charge on any atom is -0.497 e. The fourth-order valence-corrected chi connectivity index (χ4v) is 2.98. The van der Waals surface area contributed by atoms with Crippen molar-refractivity contribution < 1.29 is 18.8 Å². The molecule has 1 aromatic carbocycles. The van der Waals surface area contributed by atoms with Crippen LogP contribution in [0, 0.1) is 0 Å². The standard InChI is InChI=1S/C19H24N2O4/c1-13-11-21(19(2,3)12-24-13)18(22)10-15-9-17(25-20-15)14-6-5-7-16(8-14)23-4/h5-9,13H,10-12H2,1-4H3. The van der Waals surface area contributed by atoms with Crippen LogP contribution in [-0.4, -0.2) is 47.9 Å². The lowest BCUT2D eigenvalue weighted by Gasteiger charge is -2.44. The van der Waals surface area contributed by atoms with Gasteiger partial charge in [-0.1, -0.05) is 17.3 Å². The number of carbonyl (C=O) groups excluding carboxylic acids is 1. The summed E-state index contributed by atoms with van der Waals surface area (Å²) in [6.07, 6.45) is 0.255. The van der Waals surface area contributed by atoms with Crippen molar-refractivity contribution in [2.75, 3.05) is 20.3 Å². The van der Waals surface area contributed by atoms with Crippen LogP contribution in [0.5, 0.6) is 5.75 Å². The number of carbonyl (C=O) groups is 1. The molecule has 2 aromatic rings. The van der Waals surface area contributed by atoms with E-state index >= 15 is 0 Å². The van der Waals surface area contributed by atoms with Crippen molar-refractivity contribution in [3.05, 3.63) is 36.0 Å². The zero-order valence-corrected chi connectivity index (χ0v) is 15.1. The topological polar surface area (TPSA) is 64.8 Å². The SMILES string of the molecule is COc1cccc(-c2cc(CC(=O)N3CC(C)OCC3(C)C)no2)c1. The lowest BCUT2D eigenvalue weighted by atomic mass is 10.00. The molecule has 1 aliphatic rings. The third kappa shape index (κ3) is 3.85. The molecule has 6 nitrogen and oxygen atoms in total. The summed E-state index contributed by atoms with van der Waals surface area (Å²) in [6.45, 7) is 7.13. The summed E-state index contributed by atoms with van der Waals surface area (Å²) in [5.41, 5.74) is 1.17. The summed E-state index contributed by atoms with van der Waals surface area (Å²) in [6, 6.07) is 9.36. The molecular formula is C19H24N2O4. The molecule has 0 N–H and O–H groups in total. The average Bonchev–Trinajstić information content (AvgIpc) is 3.05. The Morgan fingerprint density at radius 1 is 1.40 bits per heavy atom. The molecule has 3 rings (SSSR count). The number of aromatic nitrogens is 1. The van der Waals surface area contributed by atoms with E-state index in [1.54, 1.807) is 7.11 Å². The number of hydrogen-bond acceptors (Lipinski definition) is 5. The monoisotopic (exact) mass is 344 g/mol. The number of ether oxygens (including phenoxy) is 2. The molecule has 1 atom stereocenters. The van der Waals surface area contributed by atoms with Gasteiger partial charge in [0.15, 0.2) is 5.76 Å². The van der Waals surface area contributed by atoms with Crippen LogP contribution < -0.4 is 4.74 Å². The zero-order chi connectivity index (χ0) is 18.0. The molecule has 1 fully saturated rings. The van der Waals surface area contributed by atoms with Crippen LogP contribution in [-0.2, 0) is 16.0 Å². The maximum atomic E-state index is 12.7. The van der Waals surface area contributed by atoms with E-state index in [2.05, 4.69) is 5.16 Å². The smallest absolute Gasteiger partial charge is 0.229 e. The highest BCUT2D eigenvalue weighted by Crippen LogP contribution is 2.26. The van der Waals surface area contributed by atoms with Crippen molar-refractivity contribution >= 4 is 5.91 Å². The van der Waals surface area contributed by atoms with E-state index in [4.69, 9.17) is 14.0 Å². The molecule has 0 aliphatic carbocycles. The van der Waals surface area contributed by atoms with E-state index < -0.39 is 0 Å². The maximum Gasteiger partial charge on any atom is 0.229 e. The van der Waals surface area contributed by atoms with Crippen molar-refractivity contribution in [3.63, 3.8) is 0 Å². The highest BCUT2D eigenvalue weighted by atomic mass is 16.5. The largest absolute Gasteiger partial charge is 0.497 e. The fourth-order valence-electron chi connectivity index (χ4n) is 2.98. The Kier molecular flexibility index (Phi) is 4.81. The summed E-state index contributed by atoms with van der Waals surface area (Å²) < 4.78 is 16.3. The van der Waals surface area contributed by atoms with Gasteiger partial charge >= 0.3 is 0 Å². The molecule has 134 valence electrons. The normalized spacial score (nSPS) is 19.7. The van der Waals surface area contributed by atoms with Crippen LogP contribution in [0.15, 0.2) is 34.9 Å². The van der Waals surface area contributed by atoms with E-state index in [1.807, 2.05) is 56.0 Å². The predicted octanol–water partition coefficient (Wildman–Crippen LogP) is 2.92. The van der Waals surface area contributed by atoms with Crippen LogP contribution in [0.4, 0.5) is 0 Å². The minimum atomic E-state index is -0.317. The third-order valence-corrected chi connectivity index (χ3v) is 4.44. The van der Waals surface area contributed by atoms with E-state index in [-0.39, 0.29) is 24.0 Å². The fraction of sp³-hybridized carbons (Fsp3) is 0.474. The Balaban J connectivity index is 1.73. The van der Waals surface area contributed by atoms with Gasteiger partial charge in [0.2, 0.25) is 5.91 Å². The molecule has 0 bridgehead atoms. The Morgan fingerprint density at radius 3 is 2.96 bits per heavy atom. The number of methoxy groups -OCH3 is 1. The van der Waals surface area contributed by atoms with Crippen molar-refractivity contribution in [1.82, 2.24) is 10.1 Å². The van der Waals surface area contributed by atoms with Gasteiger partial charge in [-0.15, -0.1) is 0 Å². The maximum absolute atomic E-state index is 12.7. The Bertz CT molecular complexity index is 753. The van der Waals surface area contributed by atoms with E-state index in [0.29, 0.717) is 24.6 Å². The van der Waals surface area contributed by atoms with Crippen molar-refractivity contribution in [2.45, 2.75) is 38.8 Å². The number of benzene rings is 1. The van der Waals surface area contributed by atoms with Gasteiger partial charge in [-0.25, -0.2) is 0 Å². The van der Waals surface area contributed by atoms with Gasteiger partial charge in [-0.3, -0.25) is 4.79 Å². The first-order valence-electron chi connectivity index (χ1n) is 8.41. The highest BCUT2D eigenvalue weighted by molar-refractivity contribution is 5.79. The molecule has 0 saturated carbocycles. The number of rotatable bonds is 4. The second-order valence-electron chi connectivity index (χ2n) is 7.03. The number of nitrogens with zero attached hydrogens (tertiary/aromatic N) is 2. The molecule has 1 amide bonds. The summed E-state index contributed by atoms with van der Waals surface area (Å²) in [5.74, 6) is 1.40. The Hall–Kier alpha value is -2.34. The summed E-state index contributed by atoms with van der Waals surface area (Å²) in [7, 11) is 1.62. The van der Waals surface area contributed by atoms with Crippen molar-refractivity contribution in [3.8, 4) is 17.1 Å². The van der Waals surface area contributed by atoms with E-state index in [0.717, 1.165) is 11.3 Å². The molecule has 25 heavy (non-hydrogen) atoms. The third-order valence-electron chi connectivity index (χ3n) is 4.44. The number of hydrogen-bond donors (Lipinski definition) is 0. The van der Waals surface area contributed by atoms with Gasteiger partial charge in [0.05, 0.1) is 37.5 Å². The van der Waals surface area contributed by atoms with Crippen LogP contribution >= 0.6 is 0 Å². The van der Waals surface area contributed by atoms with Crippen LogP contribution in [0.25, 0.3) is 11.3 Å². The first kappa shape index (κ1) is 17.5. The molecule has 0 spiro atoms. The van der Waals surface area contributed by atoms with E-state index in [1.165, 1.54) is 0 Å². The average molecular weight is 344 g/mol.